The van der Waals surface area contributed by atoms with Gasteiger partial charge in [-0.05, 0) is 26.7 Å². The molecule has 0 aliphatic heterocycles. The molecule has 0 bridgehead atoms. The highest BCUT2D eigenvalue weighted by atomic mass is 16.7. The third-order valence-electron chi connectivity index (χ3n) is 3.28. The maximum atomic E-state index is 11.5. The number of carbonyl (C=O) groups is 1. The Balaban J connectivity index is 3.68. The monoisotopic (exact) mass is 288 g/mol. The first-order valence-electron chi connectivity index (χ1n) is 8.00. The Bertz CT molecular complexity index is 231. The van der Waals surface area contributed by atoms with Gasteiger partial charge in [0.1, 0.15) is 0 Å². The van der Waals surface area contributed by atoms with E-state index in [0.717, 1.165) is 12.8 Å². The van der Waals surface area contributed by atoms with Crippen LogP contribution in [0.1, 0.15) is 72.1 Å². The van der Waals surface area contributed by atoms with Crippen LogP contribution in [0.25, 0.3) is 0 Å². The van der Waals surface area contributed by atoms with E-state index in [0.29, 0.717) is 6.61 Å². The molecule has 0 fully saturated rings. The minimum Gasteiger partial charge on any atom is -0.464 e. The zero-order valence-corrected chi connectivity index (χ0v) is 13.7. The van der Waals surface area contributed by atoms with Crippen molar-refractivity contribution in [2.75, 3.05) is 13.7 Å². The van der Waals surface area contributed by atoms with Gasteiger partial charge in [0.15, 0.2) is 12.4 Å². The second-order valence-electron chi connectivity index (χ2n) is 5.11. The maximum Gasteiger partial charge on any atom is 0.335 e. The van der Waals surface area contributed by atoms with E-state index >= 15 is 0 Å². The van der Waals surface area contributed by atoms with Crippen LogP contribution in [0.15, 0.2) is 0 Å². The average Bonchev–Trinajstić information content (AvgIpc) is 2.45. The van der Waals surface area contributed by atoms with E-state index in [1.165, 1.54) is 38.5 Å². The highest BCUT2D eigenvalue weighted by Crippen LogP contribution is 2.13. The second kappa shape index (κ2) is 13.4. The molecular formula is C16H32O4. The predicted octanol–water partition coefficient (Wildman–Crippen LogP) is 4.07. The number of ether oxygens (including phenoxy) is 3. The standard InChI is InChI=1S/C16H32O4/c1-5-7-8-9-10-11-12-13-15(18-4)20-14(3)16(17)19-6-2/h14-15H,5-13H2,1-4H3. The lowest BCUT2D eigenvalue weighted by Crippen LogP contribution is -2.29. The van der Waals surface area contributed by atoms with Crippen LogP contribution in [-0.2, 0) is 19.0 Å². The van der Waals surface area contributed by atoms with Gasteiger partial charge in [0.05, 0.1) is 6.61 Å². The number of esters is 1. The van der Waals surface area contributed by atoms with Gasteiger partial charge in [0.25, 0.3) is 0 Å². The van der Waals surface area contributed by atoms with Crippen LogP contribution >= 0.6 is 0 Å². The fraction of sp³-hybridized carbons (Fsp3) is 0.938. The molecular weight excluding hydrogens is 256 g/mol. The summed E-state index contributed by atoms with van der Waals surface area (Å²) in [5.74, 6) is -0.325. The van der Waals surface area contributed by atoms with Crippen molar-refractivity contribution in [1.82, 2.24) is 0 Å². The smallest absolute Gasteiger partial charge is 0.335 e. The molecule has 0 aliphatic rings. The van der Waals surface area contributed by atoms with E-state index in [4.69, 9.17) is 14.2 Å². The van der Waals surface area contributed by atoms with Gasteiger partial charge in [-0.25, -0.2) is 4.79 Å². The summed E-state index contributed by atoms with van der Waals surface area (Å²) in [7, 11) is 1.61. The number of hydrogen-bond donors (Lipinski definition) is 0. The molecule has 2 atom stereocenters. The van der Waals surface area contributed by atoms with Crippen LogP contribution in [0.4, 0.5) is 0 Å². The first kappa shape index (κ1) is 19.4. The lowest BCUT2D eigenvalue weighted by atomic mass is 10.1. The summed E-state index contributed by atoms with van der Waals surface area (Å²) >= 11 is 0. The normalized spacial score (nSPS) is 14.0. The van der Waals surface area contributed by atoms with Gasteiger partial charge >= 0.3 is 5.97 Å². The topological polar surface area (TPSA) is 44.8 Å². The van der Waals surface area contributed by atoms with E-state index < -0.39 is 6.10 Å². The van der Waals surface area contributed by atoms with Crippen LogP contribution in [0.5, 0.6) is 0 Å². The zero-order chi connectivity index (χ0) is 15.2. The fourth-order valence-corrected chi connectivity index (χ4v) is 2.05. The number of unbranched alkanes of at least 4 members (excludes halogenated alkanes) is 6. The van der Waals surface area contributed by atoms with Crippen LogP contribution in [0, 0.1) is 0 Å². The second-order valence-corrected chi connectivity index (χ2v) is 5.11. The molecule has 0 radical (unpaired) electrons. The molecule has 0 saturated carbocycles. The fourth-order valence-electron chi connectivity index (χ4n) is 2.05. The summed E-state index contributed by atoms with van der Waals surface area (Å²) in [4.78, 5) is 11.5. The van der Waals surface area contributed by atoms with E-state index in [9.17, 15) is 4.79 Å². The molecule has 0 rings (SSSR count). The van der Waals surface area contributed by atoms with Crippen LogP contribution in [0.3, 0.4) is 0 Å². The van der Waals surface area contributed by atoms with Gasteiger partial charge in [0.2, 0.25) is 0 Å². The first-order valence-corrected chi connectivity index (χ1v) is 8.00. The lowest BCUT2D eigenvalue weighted by molar-refractivity contribution is -0.185. The van der Waals surface area contributed by atoms with Gasteiger partial charge in [-0.1, -0.05) is 45.4 Å². The van der Waals surface area contributed by atoms with Gasteiger partial charge in [-0.15, -0.1) is 0 Å². The number of methoxy groups -OCH3 is 1. The largest absolute Gasteiger partial charge is 0.464 e. The summed E-state index contributed by atoms with van der Waals surface area (Å²) in [6.45, 7) is 6.10. The molecule has 0 aliphatic carbocycles. The molecule has 0 aromatic rings. The Labute approximate surface area is 124 Å². The van der Waals surface area contributed by atoms with E-state index in [1.54, 1.807) is 21.0 Å². The van der Waals surface area contributed by atoms with Gasteiger partial charge < -0.3 is 14.2 Å². The SMILES string of the molecule is CCCCCCCCCC(OC)OC(C)C(=O)OCC. The minimum atomic E-state index is -0.565. The van der Waals surface area contributed by atoms with Gasteiger partial charge in [-0.3, -0.25) is 0 Å². The molecule has 4 nitrogen and oxygen atoms in total. The summed E-state index contributed by atoms with van der Waals surface area (Å²) < 4.78 is 15.7. The third kappa shape index (κ3) is 10.2. The molecule has 0 aromatic heterocycles. The van der Waals surface area contributed by atoms with E-state index in [-0.39, 0.29) is 12.3 Å². The van der Waals surface area contributed by atoms with Crippen molar-refractivity contribution in [1.29, 1.82) is 0 Å². The van der Waals surface area contributed by atoms with Crippen LogP contribution in [0.2, 0.25) is 0 Å². The van der Waals surface area contributed by atoms with Crippen molar-refractivity contribution < 1.29 is 19.0 Å². The molecule has 120 valence electrons. The Morgan fingerprint density at radius 3 is 2.15 bits per heavy atom. The summed E-state index contributed by atoms with van der Waals surface area (Å²) in [5, 5.41) is 0. The van der Waals surface area contributed by atoms with Crippen LogP contribution in [-0.4, -0.2) is 32.1 Å². The highest BCUT2D eigenvalue weighted by Gasteiger charge is 2.19. The predicted molar refractivity (Wildman–Crippen MR) is 80.6 cm³/mol. The number of hydrogen-bond acceptors (Lipinski definition) is 4. The first-order chi connectivity index (χ1) is 9.65. The minimum absolute atomic E-state index is 0.315. The van der Waals surface area contributed by atoms with Gasteiger partial charge in [0, 0.05) is 7.11 Å². The van der Waals surface area contributed by atoms with Crippen LogP contribution < -0.4 is 0 Å². The molecule has 4 heteroatoms. The molecule has 2 unspecified atom stereocenters. The highest BCUT2D eigenvalue weighted by molar-refractivity contribution is 5.74. The summed E-state index contributed by atoms with van der Waals surface area (Å²) in [5.41, 5.74) is 0. The van der Waals surface area contributed by atoms with Crippen molar-refractivity contribution in [2.45, 2.75) is 84.5 Å². The van der Waals surface area contributed by atoms with Crippen molar-refractivity contribution >= 4 is 5.97 Å². The summed E-state index contributed by atoms with van der Waals surface area (Å²) in [6, 6.07) is 0. The quantitative estimate of drug-likeness (QED) is 0.291. The van der Waals surface area contributed by atoms with E-state index in [2.05, 4.69) is 6.92 Å². The Kier molecular flexibility index (Phi) is 13.0. The maximum absolute atomic E-state index is 11.5. The molecule has 0 spiro atoms. The molecule has 0 N–H and O–H groups in total. The molecule has 0 saturated heterocycles. The lowest BCUT2D eigenvalue weighted by Gasteiger charge is -2.20. The molecule has 0 amide bonds. The third-order valence-corrected chi connectivity index (χ3v) is 3.28. The average molecular weight is 288 g/mol. The molecule has 20 heavy (non-hydrogen) atoms. The number of carbonyl (C=O) groups excluding carboxylic acids is 1. The number of rotatable bonds is 13. The van der Waals surface area contributed by atoms with Crippen molar-refractivity contribution in [3.63, 3.8) is 0 Å². The zero-order valence-electron chi connectivity index (χ0n) is 13.7. The van der Waals surface area contributed by atoms with Gasteiger partial charge in [-0.2, -0.15) is 0 Å². The Morgan fingerprint density at radius 1 is 1.00 bits per heavy atom. The van der Waals surface area contributed by atoms with Crippen molar-refractivity contribution in [3.8, 4) is 0 Å². The van der Waals surface area contributed by atoms with Crippen molar-refractivity contribution in [2.24, 2.45) is 0 Å². The van der Waals surface area contributed by atoms with E-state index in [1.807, 2.05) is 0 Å². The molecule has 0 aromatic carbocycles. The Hall–Kier alpha value is -0.610. The summed E-state index contributed by atoms with van der Waals surface area (Å²) in [6.07, 6.45) is 8.74. The van der Waals surface area contributed by atoms with Crippen molar-refractivity contribution in [3.05, 3.63) is 0 Å². The molecule has 0 heterocycles. The Morgan fingerprint density at radius 2 is 1.60 bits per heavy atom.